The van der Waals surface area contributed by atoms with Crippen LogP contribution in [0.25, 0.3) is 22.3 Å². The first kappa shape index (κ1) is 11.4. The number of H-pyrrole nitrogens is 1. The van der Waals surface area contributed by atoms with Crippen molar-refractivity contribution in [3.8, 4) is 17.0 Å². The van der Waals surface area contributed by atoms with Crippen LogP contribution in [0.5, 0.6) is 5.75 Å². The number of benzene rings is 1. The second kappa shape index (κ2) is 4.31. The molecule has 1 aromatic carbocycles. The molecule has 5 nitrogen and oxygen atoms in total. The van der Waals surface area contributed by atoms with Crippen LogP contribution in [0.1, 0.15) is 11.6 Å². The Balaban J connectivity index is 1.80. The van der Waals surface area contributed by atoms with Gasteiger partial charge in [-0.05, 0) is 24.3 Å². The lowest BCUT2D eigenvalue weighted by atomic mass is 9.99. The third-order valence-corrected chi connectivity index (χ3v) is 3.80. The van der Waals surface area contributed by atoms with E-state index in [0.29, 0.717) is 17.2 Å². The SMILES string of the molecule is Oc1ccccc1-c1cc2cc(C3CNC3)[nH]c2nn1. The maximum absolute atomic E-state index is 9.89. The number of phenolic OH excluding ortho intramolecular Hbond substituents is 1. The van der Waals surface area contributed by atoms with Gasteiger partial charge in [0.2, 0.25) is 0 Å². The Morgan fingerprint density at radius 1 is 1.10 bits per heavy atom. The molecule has 0 bridgehead atoms. The molecule has 0 saturated carbocycles. The number of nitrogens with zero attached hydrogens (tertiary/aromatic N) is 2. The monoisotopic (exact) mass is 266 g/mol. The predicted octanol–water partition coefficient (Wildman–Crippen LogP) is 2.02. The molecule has 4 rings (SSSR count). The number of aromatic nitrogens is 3. The summed E-state index contributed by atoms with van der Waals surface area (Å²) >= 11 is 0. The Kier molecular flexibility index (Phi) is 2.47. The van der Waals surface area contributed by atoms with Gasteiger partial charge in [-0.2, -0.15) is 0 Å². The molecule has 0 unspecified atom stereocenters. The first-order valence-corrected chi connectivity index (χ1v) is 6.67. The van der Waals surface area contributed by atoms with E-state index in [2.05, 4.69) is 26.6 Å². The Morgan fingerprint density at radius 2 is 1.95 bits per heavy atom. The van der Waals surface area contributed by atoms with Crippen molar-refractivity contribution in [1.29, 1.82) is 0 Å². The largest absolute Gasteiger partial charge is 0.507 e. The second-order valence-corrected chi connectivity index (χ2v) is 5.13. The van der Waals surface area contributed by atoms with Gasteiger partial charge in [0.05, 0.1) is 5.69 Å². The van der Waals surface area contributed by atoms with Crippen molar-refractivity contribution >= 4 is 11.0 Å². The minimum absolute atomic E-state index is 0.222. The molecule has 0 radical (unpaired) electrons. The van der Waals surface area contributed by atoms with Crippen molar-refractivity contribution in [2.75, 3.05) is 13.1 Å². The molecule has 1 fully saturated rings. The Labute approximate surface area is 115 Å². The molecule has 0 amide bonds. The molecule has 2 aromatic heterocycles. The molecule has 3 aromatic rings. The Hall–Kier alpha value is -2.40. The van der Waals surface area contributed by atoms with Crippen molar-refractivity contribution in [2.45, 2.75) is 5.92 Å². The van der Waals surface area contributed by atoms with E-state index >= 15 is 0 Å². The van der Waals surface area contributed by atoms with Crippen LogP contribution in [-0.2, 0) is 0 Å². The van der Waals surface area contributed by atoms with E-state index in [1.807, 2.05) is 18.2 Å². The van der Waals surface area contributed by atoms with Crippen molar-refractivity contribution in [3.05, 3.63) is 42.1 Å². The molecular weight excluding hydrogens is 252 g/mol. The summed E-state index contributed by atoms with van der Waals surface area (Å²) in [6.07, 6.45) is 0. The van der Waals surface area contributed by atoms with Crippen LogP contribution in [0.4, 0.5) is 0 Å². The van der Waals surface area contributed by atoms with E-state index in [0.717, 1.165) is 24.1 Å². The third kappa shape index (κ3) is 1.75. The maximum Gasteiger partial charge on any atom is 0.160 e. The van der Waals surface area contributed by atoms with Gasteiger partial charge in [-0.25, -0.2) is 0 Å². The van der Waals surface area contributed by atoms with E-state index in [1.54, 1.807) is 12.1 Å². The van der Waals surface area contributed by atoms with Gasteiger partial charge in [-0.3, -0.25) is 0 Å². The van der Waals surface area contributed by atoms with E-state index < -0.39 is 0 Å². The van der Waals surface area contributed by atoms with Crippen LogP contribution >= 0.6 is 0 Å². The highest BCUT2D eigenvalue weighted by Gasteiger charge is 2.21. The quantitative estimate of drug-likeness (QED) is 0.663. The van der Waals surface area contributed by atoms with Crippen LogP contribution in [-0.4, -0.2) is 33.4 Å². The fourth-order valence-electron chi connectivity index (χ4n) is 2.50. The summed E-state index contributed by atoms with van der Waals surface area (Å²) in [7, 11) is 0. The Bertz CT molecular complexity index is 776. The van der Waals surface area contributed by atoms with Gasteiger partial charge < -0.3 is 15.4 Å². The zero-order valence-electron chi connectivity index (χ0n) is 10.8. The van der Waals surface area contributed by atoms with E-state index in [4.69, 9.17) is 0 Å². The van der Waals surface area contributed by atoms with Gasteiger partial charge in [-0.15, -0.1) is 10.2 Å². The highest BCUT2D eigenvalue weighted by molar-refractivity contribution is 5.81. The van der Waals surface area contributed by atoms with Gasteiger partial charge in [0, 0.05) is 35.7 Å². The molecule has 5 heteroatoms. The number of aromatic amines is 1. The number of para-hydroxylation sites is 1. The fraction of sp³-hybridized carbons (Fsp3) is 0.200. The smallest absolute Gasteiger partial charge is 0.160 e. The van der Waals surface area contributed by atoms with Gasteiger partial charge in [0.25, 0.3) is 0 Å². The van der Waals surface area contributed by atoms with Crippen LogP contribution in [0.15, 0.2) is 36.4 Å². The highest BCUT2D eigenvalue weighted by atomic mass is 16.3. The normalized spacial score (nSPS) is 15.4. The first-order chi connectivity index (χ1) is 9.81. The number of rotatable bonds is 2. The third-order valence-electron chi connectivity index (χ3n) is 3.80. The summed E-state index contributed by atoms with van der Waals surface area (Å²) in [6.45, 7) is 2.01. The highest BCUT2D eigenvalue weighted by Crippen LogP contribution is 2.29. The average Bonchev–Trinajstić information content (AvgIpc) is 2.79. The van der Waals surface area contributed by atoms with Crippen molar-refractivity contribution in [3.63, 3.8) is 0 Å². The van der Waals surface area contributed by atoms with E-state index in [1.165, 1.54) is 5.69 Å². The van der Waals surface area contributed by atoms with Gasteiger partial charge in [0.1, 0.15) is 5.75 Å². The predicted molar refractivity (Wildman–Crippen MR) is 76.6 cm³/mol. The lowest BCUT2D eigenvalue weighted by Crippen LogP contribution is -2.40. The summed E-state index contributed by atoms with van der Waals surface area (Å²) in [6, 6.07) is 11.3. The van der Waals surface area contributed by atoms with Gasteiger partial charge >= 0.3 is 0 Å². The molecule has 3 heterocycles. The molecular formula is C15H14N4O. The van der Waals surface area contributed by atoms with Crippen LogP contribution in [0.3, 0.4) is 0 Å². The lowest BCUT2D eigenvalue weighted by Gasteiger charge is -2.25. The first-order valence-electron chi connectivity index (χ1n) is 6.67. The van der Waals surface area contributed by atoms with Crippen LogP contribution in [0.2, 0.25) is 0 Å². The molecule has 1 aliphatic rings. The molecule has 3 N–H and O–H groups in total. The molecule has 100 valence electrons. The Morgan fingerprint density at radius 3 is 2.70 bits per heavy atom. The number of aromatic hydroxyl groups is 1. The zero-order valence-corrected chi connectivity index (χ0v) is 10.8. The summed E-state index contributed by atoms with van der Waals surface area (Å²) in [4.78, 5) is 3.31. The number of hydrogen-bond donors (Lipinski definition) is 3. The van der Waals surface area contributed by atoms with Gasteiger partial charge in [-0.1, -0.05) is 12.1 Å². The van der Waals surface area contributed by atoms with Crippen molar-refractivity contribution < 1.29 is 5.11 Å². The molecule has 0 aliphatic carbocycles. The molecule has 1 saturated heterocycles. The van der Waals surface area contributed by atoms with E-state index in [9.17, 15) is 5.11 Å². The average molecular weight is 266 g/mol. The minimum atomic E-state index is 0.222. The lowest BCUT2D eigenvalue weighted by molar-refractivity contribution is 0.441. The summed E-state index contributed by atoms with van der Waals surface area (Å²) < 4.78 is 0. The van der Waals surface area contributed by atoms with Crippen molar-refractivity contribution in [1.82, 2.24) is 20.5 Å². The molecule has 0 atom stereocenters. The molecule has 1 aliphatic heterocycles. The maximum atomic E-state index is 9.89. The fourth-order valence-corrected chi connectivity index (χ4v) is 2.50. The van der Waals surface area contributed by atoms with Crippen molar-refractivity contribution in [2.24, 2.45) is 0 Å². The van der Waals surface area contributed by atoms with Crippen LogP contribution in [0, 0.1) is 0 Å². The number of nitrogens with one attached hydrogen (secondary N) is 2. The summed E-state index contributed by atoms with van der Waals surface area (Å²) in [5.41, 5.74) is 3.39. The topological polar surface area (TPSA) is 73.8 Å². The summed E-state index contributed by atoms with van der Waals surface area (Å²) in [5, 5.41) is 22.6. The standard InChI is InChI=1S/C15H14N4O/c20-14-4-2-1-3-11(14)13-6-9-5-12(10-7-16-8-10)17-15(9)19-18-13/h1-6,10,16,20H,7-8H2,(H,17,19). The second-order valence-electron chi connectivity index (χ2n) is 5.13. The molecule has 0 spiro atoms. The number of phenols is 1. The summed E-state index contributed by atoms with van der Waals surface area (Å²) in [5.74, 6) is 0.762. The van der Waals surface area contributed by atoms with Crippen LogP contribution < -0.4 is 5.32 Å². The van der Waals surface area contributed by atoms with E-state index in [-0.39, 0.29) is 5.75 Å². The van der Waals surface area contributed by atoms with Gasteiger partial charge in [0.15, 0.2) is 5.65 Å². The number of hydrogen-bond acceptors (Lipinski definition) is 4. The molecule has 20 heavy (non-hydrogen) atoms. The zero-order chi connectivity index (χ0) is 13.5. The number of fused-ring (bicyclic) bond motifs is 1. The minimum Gasteiger partial charge on any atom is -0.507 e.